The maximum Gasteiger partial charge on any atom is 0.362 e. The van der Waals surface area contributed by atoms with Gasteiger partial charge in [-0.05, 0) is 31.2 Å². The second kappa shape index (κ2) is 9.71. The quantitative estimate of drug-likeness (QED) is 0.582. The van der Waals surface area contributed by atoms with Crippen molar-refractivity contribution in [3.8, 4) is 11.4 Å². The van der Waals surface area contributed by atoms with Gasteiger partial charge in [-0.1, -0.05) is 41.9 Å². The molecule has 0 saturated carbocycles. The molecule has 1 aromatic heterocycles. The number of ether oxygens (including phenoxy) is 2. The number of aromatic nitrogens is 2. The molecule has 0 atom stereocenters. The highest BCUT2D eigenvalue weighted by atomic mass is 35.5. The monoisotopic (exact) mass is 427 g/mol. The zero-order valence-electron chi connectivity index (χ0n) is 16.0. The number of hydrogen-bond acceptors (Lipinski definition) is 6. The molecule has 0 aliphatic carbocycles. The van der Waals surface area contributed by atoms with Crippen LogP contribution in [0.15, 0.2) is 65.5 Å². The van der Waals surface area contributed by atoms with Crippen molar-refractivity contribution in [2.45, 2.75) is 6.92 Å². The summed E-state index contributed by atoms with van der Waals surface area (Å²) in [7, 11) is 0. The van der Waals surface area contributed by atoms with Crippen LogP contribution in [0.5, 0.6) is 5.75 Å². The average molecular weight is 428 g/mol. The van der Waals surface area contributed by atoms with Gasteiger partial charge in [0.05, 0.1) is 29.1 Å². The van der Waals surface area contributed by atoms with Crippen molar-refractivity contribution < 1.29 is 19.1 Å². The summed E-state index contributed by atoms with van der Waals surface area (Å²) in [4.78, 5) is 37.1. The Morgan fingerprint density at radius 2 is 1.80 bits per heavy atom. The number of benzene rings is 2. The Bertz CT molecular complexity index is 1120. The zero-order chi connectivity index (χ0) is 21.5. The lowest BCUT2D eigenvalue weighted by molar-refractivity contribution is -0.118. The highest BCUT2D eigenvalue weighted by Gasteiger charge is 2.20. The summed E-state index contributed by atoms with van der Waals surface area (Å²) in [6, 6.07) is 16.4. The number of hydrogen-bond donors (Lipinski definition) is 1. The number of para-hydroxylation sites is 2. The number of nitrogens with zero attached hydrogens (tertiary/aromatic N) is 2. The van der Waals surface area contributed by atoms with Crippen LogP contribution in [0.1, 0.15) is 17.4 Å². The molecule has 0 aliphatic rings. The van der Waals surface area contributed by atoms with Gasteiger partial charge in [0.2, 0.25) is 5.69 Å². The predicted octanol–water partition coefficient (Wildman–Crippen LogP) is 3.08. The van der Waals surface area contributed by atoms with Crippen LogP contribution in [-0.2, 0) is 9.53 Å². The average Bonchev–Trinajstić information content (AvgIpc) is 2.74. The molecule has 9 heteroatoms. The number of anilines is 1. The second-order valence-electron chi connectivity index (χ2n) is 5.98. The number of esters is 1. The summed E-state index contributed by atoms with van der Waals surface area (Å²) < 4.78 is 11.5. The molecule has 0 spiro atoms. The fraction of sp³-hybridized carbons (Fsp3) is 0.143. The van der Waals surface area contributed by atoms with E-state index in [0.717, 1.165) is 10.7 Å². The van der Waals surface area contributed by atoms with Gasteiger partial charge in [0.1, 0.15) is 0 Å². The molecule has 2 aromatic carbocycles. The third kappa shape index (κ3) is 5.03. The number of amides is 1. The predicted molar refractivity (Wildman–Crippen MR) is 111 cm³/mol. The first-order valence-electron chi connectivity index (χ1n) is 9.03. The highest BCUT2D eigenvalue weighted by molar-refractivity contribution is 6.33. The Labute approximate surface area is 177 Å². The van der Waals surface area contributed by atoms with E-state index in [1.165, 1.54) is 0 Å². The first-order chi connectivity index (χ1) is 14.5. The van der Waals surface area contributed by atoms with Crippen LogP contribution in [0.4, 0.5) is 5.69 Å². The molecular formula is C21H18ClN3O5. The normalized spacial score (nSPS) is 10.3. The molecule has 0 fully saturated rings. The number of nitrogens with one attached hydrogen (secondary N) is 1. The Balaban J connectivity index is 1.85. The van der Waals surface area contributed by atoms with E-state index < -0.39 is 24.0 Å². The summed E-state index contributed by atoms with van der Waals surface area (Å²) in [6.45, 7) is 1.29. The fourth-order valence-electron chi connectivity index (χ4n) is 2.54. The van der Waals surface area contributed by atoms with Crippen LogP contribution in [0.25, 0.3) is 5.69 Å². The Hall–Kier alpha value is -3.65. The van der Waals surface area contributed by atoms with Crippen LogP contribution in [0, 0.1) is 0 Å². The van der Waals surface area contributed by atoms with Gasteiger partial charge >= 0.3 is 5.97 Å². The lowest BCUT2D eigenvalue weighted by Crippen LogP contribution is -2.27. The molecule has 3 rings (SSSR count). The first-order valence-corrected chi connectivity index (χ1v) is 9.41. The molecule has 0 bridgehead atoms. The molecule has 0 aliphatic heterocycles. The first kappa shape index (κ1) is 21.1. The molecule has 0 unspecified atom stereocenters. The molecule has 3 aromatic rings. The second-order valence-corrected chi connectivity index (χ2v) is 6.39. The summed E-state index contributed by atoms with van der Waals surface area (Å²) in [6.07, 6.45) is 0. The maximum absolute atomic E-state index is 12.5. The van der Waals surface area contributed by atoms with E-state index in [-0.39, 0.29) is 18.1 Å². The van der Waals surface area contributed by atoms with Crippen LogP contribution < -0.4 is 15.6 Å². The number of carbonyl (C=O) groups excluding carboxylic acids is 2. The Morgan fingerprint density at radius 1 is 1.10 bits per heavy atom. The van der Waals surface area contributed by atoms with Crippen molar-refractivity contribution in [3.63, 3.8) is 0 Å². The molecule has 8 nitrogen and oxygen atoms in total. The summed E-state index contributed by atoms with van der Waals surface area (Å²) >= 11 is 6.01. The van der Waals surface area contributed by atoms with Crippen molar-refractivity contribution >= 4 is 29.2 Å². The molecule has 1 heterocycles. The molecule has 154 valence electrons. The molecule has 1 amide bonds. The molecular weight excluding hydrogens is 410 g/mol. The van der Waals surface area contributed by atoms with Crippen LogP contribution in [0.3, 0.4) is 0 Å². The van der Waals surface area contributed by atoms with Crippen molar-refractivity contribution in [2.24, 2.45) is 0 Å². The Morgan fingerprint density at radius 3 is 2.50 bits per heavy atom. The van der Waals surface area contributed by atoms with E-state index >= 15 is 0 Å². The lowest BCUT2D eigenvalue weighted by Gasteiger charge is -2.13. The van der Waals surface area contributed by atoms with Gasteiger partial charge in [0.15, 0.2) is 12.4 Å². The van der Waals surface area contributed by atoms with E-state index in [1.54, 1.807) is 61.5 Å². The van der Waals surface area contributed by atoms with Gasteiger partial charge in [-0.3, -0.25) is 9.59 Å². The van der Waals surface area contributed by atoms with Gasteiger partial charge in [0, 0.05) is 0 Å². The van der Waals surface area contributed by atoms with Crippen LogP contribution >= 0.6 is 11.6 Å². The smallest absolute Gasteiger partial charge is 0.362 e. The Kier molecular flexibility index (Phi) is 6.82. The van der Waals surface area contributed by atoms with E-state index in [4.69, 9.17) is 21.1 Å². The summed E-state index contributed by atoms with van der Waals surface area (Å²) in [5.41, 5.74) is 0.133. The van der Waals surface area contributed by atoms with Gasteiger partial charge in [-0.15, -0.1) is 0 Å². The minimum Gasteiger partial charge on any atom is -0.481 e. The maximum atomic E-state index is 12.5. The van der Waals surface area contributed by atoms with Gasteiger partial charge in [-0.2, -0.15) is 9.78 Å². The number of rotatable bonds is 7. The topological polar surface area (TPSA) is 99.5 Å². The third-order valence-electron chi connectivity index (χ3n) is 3.87. The molecule has 0 saturated heterocycles. The zero-order valence-corrected chi connectivity index (χ0v) is 16.8. The van der Waals surface area contributed by atoms with Crippen LogP contribution in [0.2, 0.25) is 5.02 Å². The van der Waals surface area contributed by atoms with E-state index in [0.29, 0.717) is 16.4 Å². The van der Waals surface area contributed by atoms with Crippen molar-refractivity contribution in [1.29, 1.82) is 0 Å². The lowest BCUT2D eigenvalue weighted by atomic mass is 10.3. The van der Waals surface area contributed by atoms with E-state index in [2.05, 4.69) is 10.4 Å². The van der Waals surface area contributed by atoms with Crippen LogP contribution in [-0.4, -0.2) is 34.9 Å². The van der Waals surface area contributed by atoms with E-state index in [9.17, 15) is 14.4 Å². The highest BCUT2D eigenvalue weighted by Crippen LogP contribution is 2.21. The van der Waals surface area contributed by atoms with Crippen molar-refractivity contribution in [1.82, 2.24) is 9.78 Å². The number of halogens is 1. The summed E-state index contributed by atoms with van der Waals surface area (Å²) in [5.74, 6) is -1.45. The minimum absolute atomic E-state index is 0.109. The SMILES string of the molecule is CCOC(=O)c1nn(-c2ccccc2)c(=O)cc1OCC(=O)Nc1ccccc1Cl. The summed E-state index contributed by atoms with van der Waals surface area (Å²) in [5, 5.41) is 7.05. The van der Waals surface area contributed by atoms with Gasteiger partial charge in [-0.25, -0.2) is 4.79 Å². The van der Waals surface area contributed by atoms with Crippen molar-refractivity contribution in [2.75, 3.05) is 18.5 Å². The number of carbonyl (C=O) groups is 2. The van der Waals surface area contributed by atoms with E-state index in [1.807, 2.05) is 0 Å². The molecule has 30 heavy (non-hydrogen) atoms. The molecule has 0 radical (unpaired) electrons. The van der Waals surface area contributed by atoms with Gasteiger partial charge in [0.25, 0.3) is 11.5 Å². The van der Waals surface area contributed by atoms with Gasteiger partial charge < -0.3 is 14.8 Å². The standard InChI is InChI=1S/C21H18ClN3O5/c1-2-29-21(28)20-17(12-19(27)25(24-20)14-8-4-3-5-9-14)30-13-18(26)23-16-11-7-6-10-15(16)22/h3-12H,2,13H2,1H3,(H,23,26). The largest absolute Gasteiger partial charge is 0.481 e. The van der Waals surface area contributed by atoms with Crippen molar-refractivity contribution in [3.05, 3.63) is 81.7 Å². The minimum atomic E-state index is -0.774. The molecule has 1 N–H and O–H groups in total. The fourth-order valence-corrected chi connectivity index (χ4v) is 2.72. The third-order valence-corrected chi connectivity index (χ3v) is 4.20.